The number of rotatable bonds is 5. The van der Waals surface area contributed by atoms with Crippen molar-refractivity contribution in [3.8, 4) is 0 Å². The minimum absolute atomic E-state index is 0.111. The van der Waals surface area contributed by atoms with E-state index in [1.165, 1.54) is 11.1 Å². The first-order chi connectivity index (χ1) is 8.40. The van der Waals surface area contributed by atoms with Gasteiger partial charge in [-0.1, -0.05) is 19.9 Å². The van der Waals surface area contributed by atoms with Crippen molar-refractivity contribution in [2.45, 2.75) is 45.6 Å². The smallest absolute Gasteiger partial charge is 0.230 e. The molecule has 18 heavy (non-hydrogen) atoms. The lowest BCUT2D eigenvalue weighted by molar-refractivity contribution is -0.119. The van der Waals surface area contributed by atoms with Crippen LogP contribution in [-0.2, 0) is 4.79 Å². The second-order valence-electron chi connectivity index (χ2n) is 5.13. The normalized spacial score (nSPS) is 12.6. The number of carbonyl (C=O) groups excluding carboxylic acids is 1. The molecule has 1 aromatic carbocycles. The van der Waals surface area contributed by atoms with Gasteiger partial charge in [-0.2, -0.15) is 0 Å². The molecular weight excluding hydrogens is 242 g/mol. The Hall–Kier alpha value is -0.960. The van der Waals surface area contributed by atoms with Crippen molar-refractivity contribution < 1.29 is 4.79 Å². The van der Waals surface area contributed by atoms with E-state index in [9.17, 15) is 4.79 Å². The van der Waals surface area contributed by atoms with Crippen molar-refractivity contribution in [1.82, 2.24) is 5.32 Å². The summed E-state index contributed by atoms with van der Waals surface area (Å²) in [5, 5.41) is 3.02. The average Bonchev–Trinajstić information content (AvgIpc) is 2.30. The highest BCUT2D eigenvalue weighted by Gasteiger charge is 2.10. The number of aryl methyl sites for hydroxylation is 2. The molecule has 0 heterocycles. The SMILES string of the molecule is Cc1ccc(SCC(=O)NC(C)C(C)C)cc1C. The van der Waals surface area contributed by atoms with Crippen LogP contribution in [0.2, 0.25) is 0 Å². The van der Waals surface area contributed by atoms with Crippen molar-refractivity contribution >= 4 is 17.7 Å². The van der Waals surface area contributed by atoms with Crippen LogP contribution in [0.15, 0.2) is 23.1 Å². The van der Waals surface area contributed by atoms with Gasteiger partial charge in [0.2, 0.25) is 5.91 Å². The molecule has 0 aliphatic rings. The van der Waals surface area contributed by atoms with Crippen molar-refractivity contribution in [1.29, 1.82) is 0 Å². The summed E-state index contributed by atoms with van der Waals surface area (Å²) in [4.78, 5) is 12.9. The van der Waals surface area contributed by atoms with E-state index in [2.05, 4.69) is 51.2 Å². The molecule has 0 saturated carbocycles. The van der Waals surface area contributed by atoms with E-state index in [-0.39, 0.29) is 11.9 Å². The van der Waals surface area contributed by atoms with Gasteiger partial charge in [0.1, 0.15) is 0 Å². The van der Waals surface area contributed by atoms with Crippen LogP contribution in [0.3, 0.4) is 0 Å². The molecule has 0 aromatic heterocycles. The molecule has 2 nitrogen and oxygen atoms in total. The Morgan fingerprint density at radius 2 is 1.89 bits per heavy atom. The van der Waals surface area contributed by atoms with E-state index in [1.54, 1.807) is 11.8 Å². The Kier molecular flexibility index (Phi) is 5.73. The van der Waals surface area contributed by atoms with Gasteiger partial charge in [-0.3, -0.25) is 4.79 Å². The van der Waals surface area contributed by atoms with Crippen LogP contribution in [0.5, 0.6) is 0 Å². The Morgan fingerprint density at radius 1 is 1.22 bits per heavy atom. The fraction of sp³-hybridized carbons (Fsp3) is 0.533. The van der Waals surface area contributed by atoms with Crippen LogP contribution in [-0.4, -0.2) is 17.7 Å². The third kappa shape index (κ3) is 4.73. The maximum absolute atomic E-state index is 11.8. The van der Waals surface area contributed by atoms with E-state index in [0.29, 0.717) is 11.7 Å². The highest BCUT2D eigenvalue weighted by molar-refractivity contribution is 8.00. The summed E-state index contributed by atoms with van der Waals surface area (Å²) in [5.74, 6) is 1.07. The molecule has 3 heteroatoms. The highest BCUT2D eigenvalue weighted by Crippen LogP contribution is 2.20. The summed E-state index contributed by atoms with van der Waals surface area (Å²) >= 11 is 1.59. The van der Waals surface area contributed by atoms with Gasteiger partial charge in [-0.25, -0.2) is 0 Å². The van der Waals surface area contributed by atoms with E-state index >= 15 is 0 Å². The first-order valence-corrected chi connectivity index (χ1v) is 7.38. The van der Waals surface area contributed by atoms with Gasteiger partial charge in [0.25, 0.3) is 0 Å². The molecule has 100 valence electrons. The second kappa shape index (κ2) is 6.83. The number of thioether (sulfide) groups is 1. The molecular formula is C15H23NOS. The Balaban J connectivity index is 2.45. The Bertz CT molecular complexity index is 415. The van der Waals surface area contributed by atoms with Crippen molar-refractivity contribution in [2.24, 2.45) is 5.92 Å². The lowest BCUT2D eigenvalue weighted by Crippen LogP contribution is -2.37. The molecule has 1 N–H and O–H groups in total. The molecule has 1 rings (SSSR count). The van der Waals surface area contributed by atoms with E-state index < -0.39 is 0 Å². The fourth-order valence-corrected chi connectivity index (χ4v) is 2.22. The number of hydrogen-bond donors (Lipinski definition) is 1. The fourth-order valence-electron chi connectivity index (χ4n) is 1.41. The third-order valence-corrected chi connectivity index (χ3v) is 4.23. The average molecular weight is 265 g/mol. The van der Waals surface area contributed by atoms with Crippen molar-refractivity contribution in [2.75, 3.05) is 5.75 Å². The predicted molar refractivity (Wildman–Crippen MR) is 79.1 cm³/mol. The molecule has 0 saturated heterocycles. The van der Waals surface area contributed by atoms with Crippen LogP contribution in [0.25, 0.3) is 0 Å². The molecule has 0 aliphatic carbocycles. The predicted octanol–water partition coefficient (Wildman–Crippen LogP) is 3.56. The highest BCUT2D eigenvalue weighted by atomic mass is 32.2. The largest absolute Gasteiger partial charge is 0.353 e. The number of carbonyl (C=O) groups is 1. The molecule has 1 amide bonds. The minimum Gasteiger partial charge on any atom is -0.353 e. The van der Waals surface area contributed by atoms with Crippen LogP contribution in [0, 0.1) is 19.8 Å². The molecule has 1 atom stereocenters. The topological polar surface area (TPSA) is 29.1 Å². The molecule has 1 aromatic rings. The quantitative estimate of drug-likeness (QED) is 0.825. The van der Waals surface area contributed by atoms with Gasteiger partial charge in [0, 0.05) is 10.9 Å². The van der Waals surface area contributed by atoms with Gasteiger partial charge < -0.3 is 5.32 Å². The first kappa shape index (κ1) is 15.1. The molecule has 0 bridgehead atoms. The van der Waals surface area contributed by atoms with Gasteiger partial charge in [0.05, 0.1) is 5.75 Å². The summed E-state index contributed by atoms with van der Waals surface area (Å²) < 4.78 is 0. The van der Waals surface area contributed by atoms with Gasteiger partial charge in [-0.15, -0.1) is 11.8 Å². The summed E-state index contributed by atoms with van der Waals surface area (Å²) in [6.45, 7) is 10.5. The summed E-state index contributed by atoms with van der Waals surface area (Å²) in [6.07, 6.45) is 0. The van der Waals surface area contributed by atoms with Crippen LogP contribution < -0.4 is 5.32 Å². The van der Waals surface area contributed by atoms with E-state index in [4.69, 9.17) is 0 Å². The van der Waals surface area contributed by atoms with Crippen LogP contribution >= 0.6 is 11.8 Å². The minimum atomic E-state index is 0.111. The molecule has 0 fully saturated rings. The zero-order valence-corrected chi connectivity index (χ0v) is 12.7. The van der Waals surface area contributed by atoms with Crippen molar-refractivity contribution in [3.05, 3.63) is 29.3 Å². The summed E-state index contributed by atoms with van der Waals surface area (Å²) in [6, 6.07) is 6.55. The van der Waals surface area contributed by atoms with Crippen LogP contribution in [0.4, 0.5) is 0 Å². The lowest BCUT2D eigenvalue weighted by Gasteiger charge is -2.17. The zero-order chi connectivity index (χ0) is 13.7. The third-order valence-electron chi connectivity index (χ3n) is 3.24. The number of hydrogen-bond acceptors (Lipinski definition) is 2. The lowest BCUT2D eigenvalue weighted by atomic mass is 10.1. The molecule has 0 spiro atoms. The molecule has 0 radical (unpaired) electrons. The summed E-state index contributed by atoms with van der Waals surface area (Å²) in [5.41, 5.74) is 2.56. The van der Waals surface area contributed by atoms with Crippen LogP contribution in [0.1, 0.15) is 31.9 Å². The number of benzene rings is 1. The zero-order valence-electron chi connectivity index (χ0n) is 11.9. The molecule has 1 unspecified atom stereocenters. The van der Waals surface area contributed by atoms with Gasteiger partial charge in [-0.05, 0) is 49.9 Å². The maximum atomic E-state index is 11.8. The molecule has 0 aliphatic heterocycles. The maximum Gasteiger partial charge on any atom is 0.230 e. The number of amides is 1. The Morgan fingerprint density at radius 3 is 2.44 bits per heavy atom. The number of nitrogens with one attached hydrogen (secondary N) is 1. The van der Waals surface area contributed by atoms with Gasteiger partial charge >= 0.3 is 0 Å². The summed E-state index contributed by atoms with van der Waals surface area (Å²) in [7, 11) is 0. The van der Waals surface area contributed by atoms with Crippen molar-refractivity contribution in [3.63, 3.8) is 0 Å². The van der Waals surface area contributed by atoms with E-state index in [1.807, 2.05) is 6.92 Å². The second-order valence-corrected chi connectivity index (χ2v) is 6.18. The first-order valence-electron chi connectivity index (χ1n) is 6.39. The Labute approximate surface area is 115 Å². The van der Waals surface area contributed by atoms with E-state index in [0.717, 1.165) is 4.90 Å². The van der Waals surface area contributed by atoms with Gasteiger partial charge in [0.15, 0.2) is 0 Å². The monoisotopic (exact) mass is 265 g/mol. The standard InChI is InChI=1S/C15H23NOS/c1-10(2)13(5)16-15(17)9-18-14-7-6-11(3)12(4)8-14/h6-8,10,13H,9H2,1-5H3,(H,16,17).